The Morgan fingerprint density at radius 2 is 1.74 bits per heavy atom. The minimum absolute atomic E-state index is 0.192. The Hall–Kier alpha value is -3.29. The fourth-order valence-corrected chi connectivity index (χ4v) is 6.48. The second-order valence-electron chi connectivity index (χ2n) is 10.7. The van der Waals surface area contributed by atoms with Crippen LogP contribution in [0.3, 0.4) is 0 Å². The molecule has 0 bridgehead atoms. The predicted molar refractivity (Wildman–Crippen MR) is 143 cm³/mol. The maximum absolute atomic E-state index is 10.0. The Morgan fingerprint density at radius 1 is 1.00 bits per heavy atom. The van der Waals surface area contributed by atoms with Crippen LogP contribution in [0.2, 0.25) is 0 Å². The molecule has 3 nitrogen and oxygen atoms in total. The summed E-state index contributed by atoms with van der Waals surface area (Å²) in [6.07, 6.45) is 2.92. The van der Waals surface area contributed by atoms with E-state index in [0.717, 1.165) is 38.5 Å². The molecule has 0 spiro atoms. The number of nitriles is 1. The third-order valence-electron chi connectivity index (χ3n) is 6.64. The standard InChI is InChI=1S/C30H30N3S/c1-17-12-18(2)19(3)24(13-17)27-29-26(20(15-31)16-33(27)7)23-10-11-25-22(28(23)34-29)9-8-21(32-25)14-30(4,5)6/h8-13,16H,14H2,1-7H3/q+1. The number of benzene rings is 2. The van der Waals surface area contributed by atoms with E-state index in [-0.39, 0.29) is 5.41 Å². The SMILES string of the molecule is Cc1cc(C)c(C)c(-c2c3sc4c5ccc(CC(C)(C)C)nc5ccc4c3c(C#N)c[n+]2C)c1. The van der Waals surface area contributed by atoms with E-state index in [9.17, 15) is 5.26 Å². The van der Waals surface area contributed by atoms with Crippen LogP contribution in [0.4, 0.5) is 0 Å². The molecule has 0 N–H and O–H groups in total. The van der Waals surface area contributed by atoms with Gasteiger partial charge in [0.2, 0.25) is 5.69 Å². The molecule has 2 aromatic carbocycles. The van der Waals surface area contributed by atoms with Crippen molar-refractivity contribution >= 4 is 42.4 Å². The van der Waals surface area contributed by atoms with Gasteiger partial charge in [0.25, 0.3) is 0 Å². The highest BCUT2D eigenvalue weighted by Crippen LogP contribution is 2.43. The Bertz CT molecular complexity index is 1660. The first-order chi connectivity index (χ1) is 16.1. The van der Waals surface area contributed by atoms with Crippen LogP contribution in [0.5, 0.6) is 0 Å². The number of thiophene rings is 1. The summed E-state index contributed by atoms with van der Waals surface area (Å²) in [7, 11) is 2.05. The van der Waals surface area contributed by atoms with Gasteiger partial charge in [-0.05, 0) is 68.0 Å². The van der Waals surface area contributed by atoms with E-state index in [0.29, 0.717) is 5.56 Å². The molecule has 0 radical (unpaired) electrons. The zero-order valence-electron chi connectivity index (χ0n) is 21.0. The van der Waals surface area contributed by atoms with Crippen LogP contribution in [0.1, 0.15) is 48.7 Å². The summed E-state index contributed by atoms with van der Waals surface area (Å²) in [4.78, 5) is 5.00. The predicted octanol–water partition coefficient (Wildman–Crippen LogP) is 7.48. The molecule has 5 rings (SSSR count). The van der Waals surface area contributed by atoms with Gasteiger partial charge >= 0.3 is 0 Å². The Balaban J connectivity index is 1.87. The first kappa shape index (κ1) is 22.5. The van der Waals surface area contributed by atoms with Crippen molar-refractivity contribution in [2.45, 2.75) is 48.0 Å². The average Bonchev–Trinajstić information content (AvgIpc) is 3.14. The quantitative estimate of drug-likeness (QED) is 0.254. The number of rotatable bonds is 2. The molecule has 34 heavy (non-hydrogen) atoms. The number of hydrogen-bond donors (Lipinski definition) is 0. The van der Waals surface area contributed by atoms with Crippen molar-refractivity contribution in [3.05, 3.63) is 70.5 Å². The molecule has 0 saturated heterocycles. The van der Waals surface area contributed by atoms with Crippen molar-refractivity contribution in [1.29, 1.82) is 5.26 Å². The van der Waals surface area contributed by atoms with E-state index in [1.54, 1.807) is 11.3 Å². The molecule has 0 aliphatic heterocycles. The van der Waals surface area contributed by atoms with E-state index in [1.807, 2.05) is 6.20 Å². The molecule has 0 atom stereocenters. The lowest BCUT2D eigenvalue weighted by Crippen LogP contribution is -2.31. The Labute approximate surface area is 205 Å². The lowest BCUT2D eigenvalue weighted by atomic mass is 9.90. The first-order valence-electron chi connectivity index (χ1n) is 11.7. The van der Waals surface area contributed by atoms with Gasteiger partial charge in [0.05, 0.1) is 11.1 Å². The third-order valence-corrected chi connectivity index (χ3v) is 7.88. The minimum Gasteiger partial charge on any atom is -0.253 e. The summed E-state index contributed by atoms with van der Waals surface area (Å²) < 4.78 is 4.49. The summed E-state index contributed by atoms with van der Waals surface area (Å²) in [5.41, 5.74) is 9.27. The van der Waals surface area contributed by atoms with Gasteiger partial charge in [-0.25, -0.2) is 0 Å². The summed E-state index contributed by atoms with van der Waals surface area (Å²) in [6.45, 7) is 13.2. The van der Waals surface area contributed by atoms with Crippen molar-refractivity contribution in [1.82, 2.24) is 4.98 Å². The fraction of sp³-hybridized carbons (Fsp3) is 0.300. The molecule has 0 unspecified atom stereocenters. The van der Waals surface area contributed by atoms with Crippen LogP contribution in [0.25, 0.3) is 42.3 Å². The van der Waals surface area contributed by atoms with E-state index in [2.05, 4.69) is 95.6 Å². The van der Waals surface area contributed by atoms with Crippen molar-refractivity contribution in [2.24, 2.45) is 12.5 Å². The van der Waals surface area contributed by atoms with Crippen LogP contribution in [0, 0.1) is 37.5 Å². The number of fused-ring (bicyclic) bond motifs is 5. The second-order valence-corrected chi connectivity index (χ2v) is 11.7. The lowest BCUT2D eigenvalue weighted by Gasteiger charge is -2.17. The number of pyridine rings is 2. The maximum Gasteiger partial charge on any atom is 0.230 e. The number of aryl methyl sites for hydroxylation is 3. The van der Waals surface area contributed by atoms with E-state index in [4.69, 9.17) is 4.98 Å². The molecule has 0 aliphatic rings. The molecule has 4 heteroatoms. The first-order valence-corrected chi connectivity index (χ1v) is 12.5. The van der Waals surface area contributed by atoms with Crippen molar-refractivity contribution in [3.63, 3.8) is 0 Å². The molecule has 0 amide bonds. The molecule has 5 aromatic rings. The number of hydrogen-bond acceptors (Lipinski definition) is 3. The summed E-state index contributed by atoms with van der Waals surface area (Å²) in [5.74, 6) is 0. The van der Waals surface area contributed by atoms with Crippen LogP contribution < -0.4 is 4.57 Å². The fourth-order valence-electron chi connectivity index (χ4n) is 5.04. The third kappa shape index (κ3) is 3.65. The van der Waals surface area contributed by atoms with Gasteiger partial charge in [-0.2, -0.15) is 9.83 Å². The molecule has 0 aliphatic carbocycles. The molecule has 3 aromatic heterocycles. The van der Waals surface area contributed by atoms with E-state index in [1.165, 1.54) is 32.6 Å². The van der Waals surface area contributed by atoms with Crippen LogP contribution in [-0.4, -0.2) is 4.98 Å². The maximum atomic E-state index is 10.0. The normalized spacial score (nSPS) is 12.1. The molecular formula is C30H30N3S+. The topological polar surface area (TPSA) is 40.6 Å². The summed E-state index contributed by atoms with van der Waals surface area (Å²) >= 11 is 1.78. The molecule has 170 valence electrons. The van der Waals surface area contributed by atoms with Gasteiger partial charge in [-0.15, -0.1) is 11.3 Å². The largest absolute Gasteiger partial charge is 0.253 e. The molecular weight excluding hydrogens is 434 g/mol. The van der Waals surface area contributed by atoms with Crippen molar-refractivity contribution in [2.75, 3.05) is 0 Å². The summed E-state index contributed by atoms with van der Waals surface area (Å²) in [5, 5.41) is 13.4. The van der Waals surface area contributed by atoms with Gasteiger partial charge in [0.15, 0.2) is 6.20 Å². The monoisotopic (exact) mass is 464 g/mol. The van der Waals surface area contributed by atoms with Crippen LogP contribution in [0.15, 0.2) is 42.6 Å². The molecule has 0 fully saturated rings. The zero-order chi connectivity index (χ0) is 24.4. The second kappa shape index (κ2) is 7.89. The molecule has 0 saturated carbocycles. The van der Waals surface area contributed by atoms with Crippen molar-refractivity contribution in [3.8, 4) is 17.3 Å². The van der Waals surface area contributed by atoms with Gasteiger partial charge < -0.3 is 0 Å². The highest BCUT2D eigenvalue weighted by molar-refractivity contribution is 7.27. The smallest absolute Gasteiger partial charge is 0.230 e. The number of nitrogens with zero attached hydrogens (tertiary/aromatic N) is 3. The summed E-state index contributed by atoms with van der Waals surface area (Å²) in [6, 6.07) is 15.6. The highest BCUT2D eigenvalue weighted by Gasteiger charge is 2.25. The lowest BCUT2D eigenvalue weighted by molar-refractivity contribution is -0.659. The van der Waals surface area contributed by atoms with E-state index >= 15 is 0 Å². The van der Waals surface area contributed by atoms with Gasteiger partial charge in [-0.3, -0.25) is 4.98 Å². The Morgan fingerprint density at radius 3 is 2.44 bits per heavy atom. The highest BCUT2D eigenvalue weighted by atomic mass is 32.1. The van der Waals surface area contributed by atoms with Crippen LogP contribution >= 0.6 is 11.3 Å². The molecule has 3 heterocycles. The van der Waals surface area contributed by atoms with Crippen LogP contribution in [-0.2, 0) is 13.5 Å². The van der Waals surface area contributed by atoms with Gasteiger partial charge in [0, 0.05) is 26.6 Å². The van der Waals surface area contributed by atoms with Gasteiger partial charge in [0.1, 0.15) is 23.4 Å². The Kier molecular flexibility index (Phi) is 5.22. The van der Waals surface area contributed by atoms with Crippen molar-refractivity contribution < 1.29 is 4.57 Å². The zero-order valence-corrected chi connectivity index (χ0v) is 21.8. The van der Waals surface area contributed by atoms with E-state index < -0.39 is 0 Å². The average molecular weight is 465 g/mol. The number of aromatic nitrogens is 2. The minimum atomic E-state index is 0.192. The van der Waals surface area contributed by atoms with Gasteiger partial charge in [-0.1, -0.05) is 38.5 Å².